The normalized spacial score (nSPS) is 16.3. The second-order valence-corrected chi connectivity index (χ2v) is 7.14. The zero-order valence-electron chi connectivity index (χ0n) is 15.7. The Hall–Kier alpha value is -3.05. The number of carbonyl (C=O) groups excluding carboxylic acids is 1. The molecule has 0 unspecified atom stereocenters. The molecule has 1 aromatic carbocycles. The number of nitrogens with zero attached hydrogens (tertiary/aromatic N) is 3. The van der Waals surface area contributed by atoms with Gasteiger partial charge in [0.25, 0.3) is 5.91 Å². The molecule has 8 heteroatoms. The van der Waals surface area contributed by atoms with Crippen LogP contribution in [0.1, 0.15) is 36.3 Å². The van der Waals surface area contributed by atoms with Crippen molar-refractivity contribution in [1.29, 1.82) is 5.26 Å². The second-order valence-electron chi connectivity index (χ2n) is 7.14. The number of pyridine rings is 1. The van der Waals surface area contributed by atoms with Crippen molar-refractivity contribution in [3.8, 4) is 17.2 Å². The van der Waals surface area contributed by atoms with Crippen molar-refractivity contribution in [2.75, 3.05) is 18.0 Å². The van der Waals surface area contributed by atoms with E-state index in [-0.39, 0.29) is 40.4 Å². The first-order chi connectivity index (χ1) is 13.3. The van der Waals surface area contributed by atoms with E-state index in [0.29, 0.717) is 25.2 Å². The number of carbonyl (C=O) groups is 1. The summed E-state index contributed by atoms with van der Waals surface area (Å²) in [5.74, 6) is -1.93. The minimum atomic E-state index is -0.778. The maximum atomic E-state index is 13.9. The van der Waals surface area contributed by atoms with E-state index in [2.05, 4.69) is 10.3 Å². The largest absolute Gasteiger partial charge is 0.369 e. The quantitative estimate of drug-likeness (QED) is 0.844. The summed E-state index contributed by atoms with van der Waals surface area (Å²) >= 11 is 0. The van der Waals surface area contributed by atoms with Gasteiger partial charge in [0.1, 0.15) is 23.4 Å². The molecule has 3 N–H and O–H groups in total. The summed E-state index contributed by atoms with van der Waals surface area (Å²) in [5.41, 5.74) is 7.06. The summed E-state index contributed by atoms with van der Waals surface area (Å²) in [6.45, 7) is 4.66. The van der Waals surface area contributed by atoms with E-state index in [1.165, 1.54) is 6.20 Å². The van der Waals surface area contributed by atoms with E-state index in [1.54, 1.807) is 0 Å². The molecule has 28 heavy (non-hydrogen) atoms. The number of hydrogen-bond acceptors (Lipinski definition) is 5. The van der Waals surface area contributed by atoms with Crippen LogP contribution in [-0.2, 0) is 0 Å². The molecule has 6 nitrogen and oxygen atoms in total. The Morgan fingerprint density at radius 3 is 2.57 bits per heavy atom. The molecule has 0 saturated carbocycles. The predicted octanol–water partition coefficient (Wildman–Crippen LogP) is 2.57. The molecule has 3 rings (SSSR count). The van der Waals surface area contributed by atoms with Crippen LogP contribution in [0.4, 0.5) is 14.5 Å². The van der Waals surface area contributed by atoms with Crippen LogP contribution in [0.2, 0.25) is 0 Å². The van der Waals surface area contributed by atoms with Gasteiger partial charge >= 0.3 is 0 Å². The first-order valence-corrected chi connectivity index (χ1v) is 9.01. The van der Waals surface area contributed by atoms with Gasteiger partial charge in [0.05, 0.1) is 11.3 Å². The first-order valence-electron chi connectivity index (χ1n) is 9.01. The molecule has 146 valence electrons. The molecular formula is C20H21F2N5O. The maximum Gasteiger partial charge on any atom is 0.255 e. The minimum Gasteiger partial charge on any atom is -0.369 e. The monoisotopic (exact) mass is 385 g/mol. The summed E-state index contributed by atoms with van der Waals surface area (Å²) in [6.07, 6.45) is 2.03. The lowest BCUT2D eigenvalue weighted by molar-refractivity contribution is 0.0943. The van der Waals surface area contributed by atoms with Crippen LogP contribution in [0.5, 0.6) is 0 Å². The number of rotatable bonds is 4. The lowest BCUT2D eigenvalue weighted by atomic mass is 9.97. The number of anilines is 1. The molecule has 1 aliphatic heterocycles. The molecule has 1 aliphatic rings. The SMILES string of the molecule is CC(C)NC(=O)c1cnc(C#N)c(-c2cc(F)cc(F)c2)c1N1CC[C@H](N)C1. The number of benzene rings is 1. The average molecular weight is 385 g/mol. The molecule has 2 heterocycles. The Kier molecular flexibility index (Phi) is 5.56. The van der Waals surface area contributed by atoms with Gasteiger partial charge in [0, 0.05) is 43.0 Å². The lowest BCUT2D eigenvalue weighted by Crippen LogP contribution is -2.33. The van der Waals surface area contributed by atoms with Crippen molar-refractivity contribution >= 4 is 11.6 Å². The number of amides is 1. The highest BCUT2D eigenvalue weighted by Gasteiger charge is 2.29. The minimum absolute atomic E-state index is 0.0124. The highest BCUT2D eigenvalue weighted by atomic mass is 19.1. The van der Waals surface area contributed by atoms with Crippen molar-refractivity contribution in [2.45, 2.75) is 32.4 Å². The summed E-state index contributed by atoms with van der Waals surface area (Å²) in [4.78, 5) is 18.8. The van der Waals surface area contributed by atoms with Crippen LogP contribution in [0, 0.1) is 23.0 Å². The molecule has 1 saturated heterocycles. The third-order valence-electron chi connectivity index (χ3n) is 4.51. The van der Waals surface area contributed by atoms with Crippen LogP contribution < -0.4 is 16.0 Å². The number of aromatic nitrogens is 1. The van der Waals surface area contributed by atoms with Crippen molar-refractivity contribution in [3.63, 3.8) is 0 Å². The van der Waals surface area contributed by atoms with E-state index in [0.717, 1.165) is 18.2 Å². The van der Waals surface area contributed by atoms with Gasteiger partial charge in [0.15, 0.2) is 0 Å². The van der Waals surface area contributed by atoms with Crippen LogP contribution in [0.25, 0.3) is 11.1 Å². The number of nitrogens with two attached hydrogens (primary N) is 1. The first kappa shape index (κ1) is 19.7. The smallest absolute Gasteiger partial charge is 0.255 e. The van der Waals surface area contributed by atoms with Gasteiger partial charge in [-0.15, -0.1) is 0 Å². The van der Waals surface area contributed by atoms with E-state index in [4.69, 9.17) is 5.73 Å². The zero-order valence-corrected chi connectivity index (χ0v) is 15.7. The van der Waals surface area contributed by atoms with Gasteiger partial charge in [-0.25, -0.2) is 13.8 Å². The van der Waals surface area contributed by atoms with Crippen LogP contribution in [-0.4, -0.2) is 36.1 Å². The highest BCUT2D eigenvalue weighted by molar-refractivity contribution is 6.04. The second kappa shape index (κ2) is 7.90. The van der Waals surface area contributed by atoms with Gasteiger partial charge in [0.2, 0.25) is 0 Å². The maximum absolute atomic E-state index is 13.9. The number of nitrogens with one attached hydrogen (secondary N) is 1. The molecule has 0 bridgehead atoms. The summed E-state index contributed by atoms with van der Waals surface area (Å²) in [7, 11) is 0. The molecule has 1 aromatic heterocycles. The molecule has 1 amide bonds. The van der Waals surface area contributed by atoms with Gasteiger partial charge in [-0.1, -0.05) is 0 Å². The molecular weight excluding hydrogens is 364 g/mol. The van der Waals surface area contributed by atoms with Crippen LogP contribution >= 0.6 is 0 Å². The molecule has 0 aliphatic carbocycles. The topological polar surface area (TPSA) is 95.0 Å². The number of halogens is 2. The highest BCUT2D eigenvalue weighted by Crippen LogP contribution is 2.38. The van der Waals surface area contributed by atoms with Crippen molar-refractivity contribution in [2.24, 2.45) is 5.73 Å². The number of hydrogen-bond donors (Lipinski definition) is 2. The van der Waals surface area contributed by atoms with Gasteiger partial charge in [-0.3, -0.25) is 4.79 Å². The van der Waals surface area contributed by atoms with E-state index < -0.39 is 11.6 Å². The summed E-state index contributed by atoms with van der Waals surface area (Å²) < 4.78 is 27.8. The Morgan fingerprint density at radius 2 is 2.04 bits per heavy atom. The third kappa shape index (κ3) is 3.94. The van der Waals surface area contributed by atoms with Crippen LogP contribution in [0.15, 0.2) is 24.4 Å². The summed E-state index contributed by atoms with van der Waals surface area (Å²) in [6, 6.07) is 4.76. The standard InChI is InChI=1S/C20H21F2N5O/c1-11(2)26-20(28)16-9-25-17(8-23)18(12-5-13(21)7-14(22)6-12)19(16)27-4-3-15(24)10-27/h5-7,9,11,15H,3-4,10,24H2,1-2H3,(H,26,28)/t15-/m0/s1. The predicted molar refractivity (Wildman–Crippen MR) is 102 cm³/mol. The van der Waals surface area contributed by atoms with E-state index in [9.17, 15) is 18.8 Å². The Bertz CT molecular complexity index is 934. The molecule has 2 aromatic rings. The Labute approximate surface area is 162 Å². The van der Waals surface area contributed by atoms with Crippen molar-refractivity contribution in [3.05, 3.63) is 47.3 Å². The summed E-state index contributed by atoms with van der Waals surface area (Å²) in [5, 5.41) is 12.4. The fourth-order valence-electron chi connectivity index (χ4n) is 3.38. The van der Waals surface area contributed by atoms with Crippen LogP contribution in [0.3, 0.4) is 0 Å². The number of nitriles is 1. The van der Waals surface area contributed by atoms with E-state index in [1.807, 2.05) is 24.8 Å². The van der Waals surface area contributed by atoms with Crippen molar-refractivity contribution < 1.29 is 13.6 Å². The molecule has 0 radical (unpaired) electrons. The van der Waals surface area contributed by atoms with Gasteiger partial charge < -0.3 is 16.0 Å². The zero-order chi connectivity index (χ0) is 20.4. The van der Waals surface area contributed by atoms with E-state index >= 15 is 0 Å². The lowest BCUT2D eigenvalue weighted by Gasteiger charge is -2.25. The Morgan fingerprint density at radius 1 is 1.36 bits per heavy atom. The van der Waals surface area contributed by atoms with Gasteiger partial charge in [-0.2, -0.15) is 5.26 Å². The van der Waals surface area contributed by atoms with Gasteiger partial charge in [-0.05, 0) is 38.0 Å². The fraction of sp³-hybridized carbons (Fsp3) is 0.350. The average Bonchev–Trinajstić information content (AvgIpc) is 3.05. The molecule has 0 spiro atoms. The molecule has 1 fully saturated rings. The Balaban J connectivity index is 2.28. The third-order valence-corrected chi connectivity index (χ3v) is 4.51. The molecule has 1 atom stereocenters. The van der Waals surface area contributed by atoms with Crippen molar-refractivity contribution in [1.82, 2.24) is 10.3 Å². The fourth-order valence-corrected chi connectivity index (χ4v) is 3.38.